The van der Waals surface area contributed by atoms with E-state index in [1.807, 2.05) is 0 Å². The molecule has 0 aliphatic carbocycles. The molecule has 23 heavy (non-hydrogen) atoms. The number of carbonyl (C=O) groups excluding carboxylic acids is 1. The fourth-order valence-corrected chi connectivity index (χ4v) is 3.30. The summed E-state index contributed by atoms with van der Waals surface area (Å²) in [5.41, 5.74) is 0. The molecule has 1 aromatic carbocycles. The van der Waals surface area contributed by atoms with Crippen molar-refractivity contribution < 1.29 is 82.3 Å². The predicted molar refractivity (Wildman–Crippen MR) is 77.1 cm³/mol. The van der Waals surface area contributed by atoms with Crippen LogP contribution in [0.2, 0.25) is 6.32 Å². The second kappa shape index (κ2) is 10.00. The molecule has 0 amide bonds. The number of esters is 1. The van der Waals surface area contributed by atoms with Crippen LogP contribution >= 0.6 is 0 Å². The zero-order valence-corrected chi connectivity index (χ0v) is 16.7. The maximum atomic E-state index is 12.4. The molecule has 1 atom stereocenters. The summed E-state index contributed by atoms with van der Waals surface area (Å²) in [6.07, 6.45) is 0.350. The maximum absolute atomic E-state index is 12.4. The summed E-state index contributed by atoms with van der Waals surface area (Å²) < 4.78 is 65.5. The van der Waals surface area contributed by atoms with Crippen LogP contribution in [0.5, 0.6) is 0 Å². The number of ether oxygens (including phenoxy) is 1. The number of allylic oxidation sites excluding steroid dienone is 2. The van der Waals surface area contributed by atoms with Crippen LogP contribution in [-0.4, -0.2) is 33.7 Å². The molecule has 0 radical (unpaired) electrons. The Morgan fingerprint density at radius 2 is 1.78 bits per heavy atom. The fraction of sp³-hybridized carbons (Fsp3) is 0.308. The third-order valence-electron chi connectivity index (χ3n) is 2.83. The van der Waals surface area contributed by atoms with Gasteiger partial charge in [-0.1, -0.05) is 30.6 Å². The molecule has 0 bridgehead atoms. The van der Waals surface area contributed by atoms with Crippen LogP contribution in [-0.2, 0) is 19.4 Å². The van der Waals surface area contributed by atoms with Crippen molar-refractivity contribution in [3.05, 3.63) is 42.5 Å². The van der Waals surface area contributed by atoms with Gasteiger partial charge < -0.3 is 17.7 Å². The summed E-state index contributed by atoms with van der Waals surface area (Å²) in [6, 6.07) is 7.21. The Morgan fingerprint density at radius 3 is 2.26 bits per heavy atom. The van der Waals surface area contributed by atoms with Crippen molar-refractivity contribution in [1.29, 1.82) is 0 Å². The zero-order valence-electron chi connectivity index (χ0n) is 12.8. The molecule has 1 unspecified atom stereocenters. The topological polar surface area (TPSA) is 60.4 Å². The van der Waals surface area contributed by atoms with Crippen LogP contribution in [0.15, 0.2) is 47.4 Å². The molecule has 4 nitrogen and oxygen atoms in total. The Balaban J connectivity index is 0.00000484. The quantitative estimate of drug-likeness (QED) is 0.377. The summed E-state index contributed by atoms with van der Waals surface area (Å²) >= 11 is 0. The second-order valence-corrected chi connectivity index (χ2v) is 6.65. The minimum atomic E-state index is -4.99. The van der Waals surface area contributed by atoms with E-state index in [4.69, 9.17) is 0 Å². The molecule has 0 heterocycles. The second-order valence-electron chi connectivity index (χ2n) is 4.52. The van der Waals surface area contributed by atoms with Crippen LogP contribution in [0.25, 0.3) is 0 Å². The van der Waals surface area contributed by atoms with Crippen molar-refractivity contribution in [2.75, 3.05) is 7.11 Å². The first-order chi connectivity index (χ1) is 10.2. The Morgan fingerprint density at radius 1 is 1.22 bits per heavy atom. The van der Waals surface area contributed by atoms with Gasteiger partial charge in [-0.2, -0.15) is 0 Å². The molecular formula is C13H15BF3KO4S. The first kappa shape index (κ1) is 22.9. The molecule has 0 aliphatic rings. The molecule has 0 N–H and O–H groups in total. The molecule has 1 aromatic rings. The Labute approximate surface area is 175 Å². The first-order valence-corrected chi connectivity index (χ1v) is 7.96. The Kier molecular flexibility index (Phi) is 9.94. The number of methoxy groups -OCH3 is 1. The van der Waals surface area contributed by atoms with E-state index in [1.165, 1.54) is 24.3 Å². The average Bonchev–Trinajstić information content (AvgIpc) is 2.46. The standard InChI is InChI=1S/C13H15BF3O4S.K/c1-21-13(18)12(9-5-6-10-14(15,16)17)22(19,20)11-7-3-2-4-8-11;/h2-8,12H,9-10H2,1H3;/q-1;+1/b6-5+;. The van der Waals surface area contributed by atoms with Crippen molar-refractivity contribution >= 4 is 22.8 Å². The van der Waals surface area contributed by atoms with Gasteiger partial charge in [0.2, 0.25) is 0 Å². The SMILES string of the molecule is COC(=O)C(C/C=C/C[B-](F)(F)F)S(=O)(=O)c1ccccc1.[K+]. The third-order valence-corrected chi connectivity index (χ3v) is 4.89. The summed E-state index contributed by atoms with van der Waals surface area (Å²) in [6.45, 7) is -4.99. The number of sulfone groups is 1. The van der Waals surface area contributed by atoms with E-state index in [9.17, 15) is 26.2 Å². The van der Waals surface area contributed by atoms with E-state index in [-0.39, 0.29) is 62.7 Å². The van der Waals surface area contributed by atoms with E-state index in [2.05, 4.69) is 4.74 Å². The van der Waals surface area contributed by atoms with Crippen LogP contribution in [0.3, 0.4) is 0 Å². The van der Waals surface area contributed by atoms with E-state index < -0.39 is 34.4 Å². The predicted octanol–water partition coefficient (Wildman–Crippen LogP) is -0.200. The summed E-state index contributed by atoms with van der Waals surface area (Å²) in [5.74, 6) is -1.01. The van der Waals surface area contributed by atoms with Gasteiger partial charge in [0.25, 0.3) is 0 Å². The molecule has 0 fully saturated rings. The van der Waals surface area contributed by atoms with Gasteiger partial charge in [0.05, 0.1) is 12.0 Å². The molecule has 122 valence electrons. The molecule has 0 spiro atoms. The Hall–Kier alpha value is -0.129. The normalized spacial score (nSPS) is 13.4. The van der Waals surface area contributed by atoms with Crippen molar-refractivity contribution in [3.8, 4) is 0 Å². The van der Waals surface area contributed by atoms with E-state index in [0.717, 1.165) is 19.3 Å². The number of hydrogen-bond acceptors (Lipinski definition) is 4. The smallest absolute Gasteiger partial charge is 0.468 e. The molecule has 0 aliphatic heterocycles. The van der Waals surface area contributed by atoms with Crippen molar-refractivity contribution in [2.24, 2.45) is 0 Å². The number of benzene rings is 1. The number of rotatable bonds is 7. The van der Waals surface area contributed by atoms with Crippen LogP contribution in [0.1, 0.15) is 6.42 Å². The summed E-state index contributed by atoms with van der Waals surface area (Å²) in [4.78, 5) is 11.6. The molecule has 0 saturated carbocycles. The van der Waals surface area contributed by atoms with Gasteiger partial charge in [0.1, 0.15) is 0 Å². The van der Waals surface area contributed by atoms with Gasteiger partial charge in [-0.3, -0.25) is 4.79 Å². The molecule has 1 rings (SSSR count). The Bertz CT molecular complexity index is 632. The average molecular weight is 374 g/mol. The van der Waals surface area contributed by atoms with Gasteiger partial charge in [0, 0.05) is 0 Å². The van der Waals surface area contributed by atoms with Gasteiger partial charge in [0.15, 0.2) is 15.1 Å². The monoisotopic (exact) mass is 374 g/mol. The summed E-state index contributed by atoms with van der Waals surface area (Å²) in [7, 11) is -3.00. The van der Waals surface area contributed by atoms with Crippen molar-refractivity contribution in [3.63, 3.8) is 0 Å². The van der Waals surface area contributed by atoms with E-state index in [0.29, 0.717) is 0 Å². The van der Waals surface area contributed by atoms with Gasteiger partial charge in [-0.25, -0.2) is 8.42 Å². The van der Waals surface area contributed by atoms with Gasteiger partial charge in [-0.05, 0) is 18.6 Å². The number of halogens is 3. The van der Waals surface area contributed by atoms with Gasteiger partial charge in [-0.15, -0.1) is 6.08 Å². The van der Waals surface area contributed by atoms with E-state index in [1.54, 1.807) is 6.07 Å². The minimum Gasteiger partial charge on any atom is -0.468 e. The molecular weight excluding hydrogens is 359 g/mol. The fourth-order valence-electron chi connectivity index (χ4n) is 1.73. The zero-order chi connectivity index (χ0) is 16.8. The van der Waals surface area contributed by atoms with Crippen LogP contribution in [0.4, 0.5) is 12.9 Å². The van der Waals surface area contributed by atoms with Crippen molar-refractivity contribution in [2.45, 2.75) is 22.9 Å². The summed E-state index contributed by atoms with van der Waals surface area (Å²) in [5, 5.41) is -1.57. The third kappa shape index (κ3) is 7.53. The van der Waals surface area contributed by atoms with Crippen LogP contribution < -0.4 is 51.4 Å². The number of carbonyl (C=O) groups is 1. The largest absolute Gasteiger partial charge is 1.00 e. The first-order valence-electron chi connectivity index (χ1n) is 6.41. The number of hydrogen-bond donors (Lipinski definition) is 0. The molecule has 0 saturated heterocycles. The van der Waals surface area contributed by atoms with Crippen molar-refractivity contribution in [1.82, 2.24) is 0 Å². The maximum Gasteiger partial charge on any atom is 1.00 e. The van der Waals surface area contributed by atoms with Crippen LogP contribution in [0, 0.1) is 0 Å². The van der Waals surface area contributed by atoms with E-state index >= 15 is 0 Å². The minimum absolute atomic E-state index is 0. The molecule has 10 heteroatoms. The van der Waals surface area contributed by atoms with Gasteiger partial charge >= 0.3 is 64.3 Å². The molecule has 0 aromatic heterocycles.